The number of amides is 2. The van der Waals surface area contributed by atoms with Gasteiger partial charge in [-0.3, -0.25) is 14.5 Å². The molecule has 2 aliphatic heterocycles. The van der Waals surface area contributed by atoms with Crippen molar-refractivity contribution in [2.75, 3.05) is 31.1 Å². The van der Waals surface area contributed by atoms with Gasteiger partial charge in [0.15, 0.2) is 11.5 Å². The number of anilines is 1. The van der Waals surface area contributed by atoms with Crippen molar-refractivity contribution < 1.29 is 14.3 Å². The van der Waals surface area contributed by atoms with Crippen LogP contribution in [0.4, 0.5) is 5.69 Å². The zero-order valence-corrected chi connectivity index (χ0v) is 26.0. The summed E-state index contributed by atoms with van der Waals surface area (Å²) in [5, 5.41) is 3.06. The van der Waals surface area contributed by atoms with Crippen LogP contribution in [-0.2, 0) is 17.8 Å². The average Bonchev–Trinajstić information content (AvgIpc) is 3.07. The van der Waals surface area contributed by atoms with Crippen LogP contribution in [0.2, 0.25) is 0 Å². The lowest BCUT2D eigenvalue weighted by Gasteiger charge is -2.32. The highest BCUT2D eigenvalue weighted by Gasteiger charge is 2.30. The van der Waals surface area contributed by atoms with Crippen molar-refractivity contribution in [3.8, 4) is 5.75 Å². The SMILES string of the molecule is Cc1ccc(CN2C(=O)C(=Cc3ccc(C(=O)NCCCN4CCC(Cc5ccccc5)CC4)cc3)Oc3ccccc32)cc1. The summed E-state index contributed by atoms with van der Waals surface area (Å²) in [6.07, 6.45) is 6.31. The number of likely N-dealkylation sites (tertiary alicyclic amines) is 1. The Kier molecular flexibility index (Phi) is 9.71. The van der Waals surface area contributed by atoms with Crippen molar-refractivity contribution in [1.29, 1.82) is 0 Å². The summed E-state index contributed by atoms with van der Waals surface area (Å²) in [7, 11) is 0. The quantitative estimate of drug-likeness (QED) is 0.157. The van der Waals surface area contributed by atoms with Gasteiger partial charge in [-0.05, 0) is 105 Å². The van der Waals surface area contributed by atoms with E-state index in [-0.39, 0.29) is 17.6 Å². The van der Waals surface area contributed by atoms with Crippen molar-refractivity contribution >= 4 is 23.6 Å². The van der Waals surface area contributed by atoms with E-state index in [1.54, 1.807) is 23.1 Å². The molecule has 0 radical (unpaired) electrons. The summed E-state index contributed by atoms with van der Waals surface area (Å²) in [5.74, 6) is 1.37. The number of carbonyl (C=O) groups is 2. The molecule has 230 valence electrons. The Labute approximate surface area is 266 Å². The maximum absolute atomic E-state index is 13.6. The first kappa shape index (κ1) is 30.4. The number of carbonyl (C=O) groups excluding carboxylic acids is 2. The summed E-state index contributed by atoms with van der Waals surface area (Å²) in [6.45, 7) is 6.40. The van der Waals surface area contributed by atoms with Crippen LogP contribution in [0, 0.1) is 12.8 Å². The number of nitrogens with zero attached hydrogens (tertiary/aromatic N) is 2. The number of fused-ring (bicyclic) bond motifs is 1. The summed E-state index contributed by atoms with van der Waals surface area (Å²) in [5.41, 5.74) is 5.80. The molecule has 0 atom stereocenters. The molecule has 4 aromatic carbocycles. The molecule has 1 fully saturated rings. The molecule has 0 aliphatic carbocycles. The minimum absolute atomic E-state index is 0.0843. The van der Waals surface area contributed by atoms with Gasteiger partial charge in [0.25, 0.3) is 11.8 Å². The van der Waals surface area contributed by atoms with E-state index in [9.17, 15) is 9.59 Å². The van der Waals surface area contributed by atoms with E-state index in [2.05, 4.69) is 52.7 Å². The molecule has 0 aromatic heterocycles. The molecule has 0 bridgehead atoms. The molecule has 6 heteroatoms. The lowest BCUT2D eigenvalue weighted by atomic mass is 9.90. The Hall–Kier alpha value is -4.68. The molecule has 2 amide bonds. The van der Waals surface area contributed by atoms with Crippen LogP contribution < -0.4 is 15.0 Å². The first-order valence-corrected chi connectivity index (χ1v) is 16.0. The summed E-state index contributed by atoms with van der Waals surface area (Å²) in [4.78, 5) is 30.6. The number of para-hydroxylation sites is 2. The van der Waals surface area contributed by atoms with Crippen LogP contribution in [0.25, 0.3) is 6.08 Å². The molecule has 0 unspecified atom stereocenters. The Morgan fingerprint density at radius 2 is 1.58 bits per heavy atom. The number of benzene rings is 4. The number of piperidine rings is 1. The molecule has 4 aromatic rings. The standard InChI is InChI=1S/C39H41N3O3/c1-29-12-14-33(15-13-29)28-42-35-10-5-6-11-36(35)45-37(39(42)44)27-31-16-18-34(19-17-31)38(43)40-22-7-23-41-24-20-32(21-25-41)26-30-8-3-2-4-9-30/h2-6,8-19,27,32H,7,20-26,28H2,1H3,(H,40,43). The van der Waals surface area contributed by atoms with Gasteiger partial charge >= 0.3 is 0 Å². The van der Waals surface area contributed by atoms with Crippen LogP contribution in [0.5, 0.6) is 5.75 Å². The fraction of sp³-hybridized carbons (Fsp3) is 0.282. The molecular weight excluding hydrogens is 558 g/mol. The third-order valence-corrected chi connectivity index (χ3v) is 8.77. The Morgan fingerprint density at radius 1 is 0.867 bits per heavy atom. The monoisotopic (exact) mass is 599 g/mol. The third kappa shape index (κ3) is 7.89. The molecule has 0 saturated carbocycles. The van der Waals surface area contributed by atoms with Gasteiger partial charge in [-0.25, -0.2) is 0 Å². The Morgan fingerprint density at radius 3 is 2.33 bits per heavy atom. The van der Waals surface area contributed by atoms with E-state index in [1.807, 2.05) is 55.5 Å². The lowest BCUT2D eigenvalue weighted by Crippen LogP contribution is -2.36. The molecule has 6 nitrogen and oxygen atoms in total. The average molecular weight is 600 g/mol. The van der Waals surface area contributed by atoms with Crippen molar-refractivity contribution in [3.63, 3.8) is 0 Å². The lowest BCUT2D eigenvalue weighted by molar-refractivity contribution is -0.117. The van der Waals surface area contributed by atoms with Crippen molar-refractivity contribution in [1.82, 2.24) is 10.2 Å². The summed E-state index contributed by atoms with van der Waals surface area (Å²) >= 11 is 0. The predicted molar refractivity (Wildman–Crippen MR) is 180 cm³/mol. The summed E-state index contributed by atoms with van der Waals surface area (Å²) < 4.78 is 6.05. The van der Waals surface area contributed by atoms with Gasteiger partial charge in [0.2, 0.25) is 0 Å². The van der Waals surface area contributed by atoms with Crippen LogP contribution in [-0.4, -0.2) is 42.9 Å². The van der Waals surface area contributed by atoms with Gasteiger partial charge in [0.1, 0.15) is 0 Å². The maximum Gasteiger partial charge on any atom is 0.294 e. The maximum atomic E-state index is 13.6. The predicted octanol–water partition coefficient (Wildman–Crippen LogP) is 7.04. The molecular formula is C39H41N3O3. The van der Waals surface area contributed by atoms with E-state index < -0.39 is 0 Å². The molecule has 1 N–H and O–H groups in total. The first-order chi connectivity index (χ1) is 22.0. The van der Waals surface area contributed by atoms with Crippen molar-refractivity contribution in [2.24, 2.45) is 5.92 Å². The topological polar surface area (TPSA) is 61.9 Å². The second kappa shape index (κ2) is 14.4. The fourth-order valence-corrected chi connectivity index (χ4v) is 6.15. The molecule has 45 heavy (non-hydrogen) atoms. The van der Waals surface area contributed by atoms with Crippen LogP contribution in [0.3, 0.4) is 0 Å². The Balaban J connectivity index is 0.993. The smallest absolute Gasteiger partial charge is 0.294 e. The first-order valence-electron chi connectivity index (χ1n) is 16.0. The normalized spacial score (nSPS) is 16.3. The Bertz CT molecular complexity index is 1620. The molecule has 1 saturated heterocycles. The van der Waals surface area contributed by atoms with Gasteiger partial charge < -0.3 is 15.0 Å². The third-order valence-electron chi connectivity index (χ3n) is 8.77. The second-order valence-corrected chi connectivity index (χ2v) is 12.2. The van der Waals surface area contributed by atoms with Gasteiger partial charge in [-0.1, -0.05) is 84.4 Å². The molecule has 2 aliphatic rings. The highest BCUT2D eigenvalue weighted by Crippen LogP contribution is 2.36. The van der Waals surface area contributed by atoms with Crippen LogP contribution in [0.15, 0.2) is 109 Å². The number of hydrogen-bond acceptors (Lipinski definition) is 4. The van der Waals surface area contributed by atoms with Gasteiger partial charge in [0.05, 0.1) is 12.2 Å². The fourth-order valence-electron chi connectivity index (χ4n) is 6.15. The zero-order valence-electron chi connectivity index (χ0n) is 26.0. The number of hydrogen-bond donors (Lipinski definition) is 1. The number of aryl methyl sites for hydroxylation is 1. The van der Waals surface area contributed by atoms with E-state index in [1.165, 1.54) is 30.4 Å². The minimum atomic E-state index is -0.198. The van der Waals surface area contributed by atoms with E-state index in [0.29, 0.717) is 24.4 Å². The highest BCUT2D eigenvalue weighted by molar-refractivity contribution is 6.09. The van der Waals surface area contributed by atoms with Crippen LogP contribution >= 0.6 is 0 Å². The van der Waals surface area contributed by atoms with Gasteiger partial charge in [0, 0.05) is 12.1 Å². The van der Waals surface area contributed by atoms with E-state index in [4.69, 9.17) is 4.74 Å². The van der Waals surface area contributed by atoms with E-state index in [0.717, 1.165) is 48.8 Å². The number of rotatable bonds is 10. The van der Waals surface area contributed by atoms with E-state index >= 15 is 0 Å². The van der Waals surface area contributed by atoms with Crippen molar-refractivity contribution in [2.45, 2.75) is 39.2 Å². The van der Waals surface area contributed by atoms with Gasteiger partial charge in [-0.2, -0.15) is 0 Å². The largest absolute Gasteiger partial charge is 0.449 e. The number of nitrogens with one attached hydrogen (secondary N) is 1. The zero-order chi connectivity index (χ0) is 31.0. The van der Waals surface area contributed by atoms with Crippen molar-refractivity contribution in [3.05, 3.63) is 137 Å². The highest BCUT2D eigenvalue weighted by atomic mass is 16.5. The molecule has 0 spiro atoms. The van der Waals surface area contributed by atoms with Gasteiger partial charge in [-0.15, -0.1) is 0 Å². The number of ether oxygens (including phenoxy) is 1. The minimum Gasteiger partial charge on any atom is -0.449 e. The van der Waals surface area contributed by atoms with Crippen LogP contribution in [0.1, 0.15) is 51.9 Å². The second-order valence-electron chi connectivity index (χ2n) is 12.2. The molecule has 6 rings (SSSR count). The summed E-state index contributed by atoms with van der Waals surface area (Å²) in [6, 6.07) is 33.9. The molecule has 2 heterocycles.